The first-order chi connectivity index (χ1) is 16.7. The van der Waals surface area contributed by atoms with Crippen molar-refractivity contribution in [3.8, 4) is 0 Å². The fraction of sp³-hybridized carbons (Fsp3) is 0.429. The van der Waals surface area contributed by atoms with Crippen molar-refractivity contribution in [1.29, 1.82) is 0 Å². The second kappa shape index (κ2) is 8.64. The van der Waals surface area contributed by atoms with E-state index in [2.05, 4.69) is 10.1 Å². The number of aromatic amines is 1. The Morgan fingerprint density at radius 2 is 1.92 bits per heavy atom. The standard InChI is InChI=1S/C21H22F5N7O3/c1-30-9-11(21(24,25)26)6-14(18(30)35)28-19(36)31(2)15-4-5-33(10-20(15,22)23)12-7-13-16(27-8-12)29-32(3)17(13)34/h6-9,15H,4-5,10H2,1-3H3,(H,27,29)(H,28,36)/t15-/m0/s1. The molecule has 3 aromatic rings. The average Bonchev–Trinajstić information content (AvgIpc) is 3.07. The van der Waals surface area contributed by atoms with Gasteiger partial charge in [0.05, 0.1) is 29.4 Å². The molecule has 0 bridgehead atoms. The summed E-state index contributed by atoms with van der Waals surface area (Å²) in [6, 6.07) is -0.829. The van der Waals surface area contributed by atoms with Gasteiger partial charge in [0.15, 0.2) is 5.65 Å². The third-order valence-corrected chi connectivity index (χ3v) is 6.15. The average molecular weight is 515 g/mol. The van der Waals surface area contributed by atoms with Gasteiger partial charge < -0.3 is 19.7 Å². The molecule has 2 N–H and O–H groups in total. The maximum atomic E-state index is 15.1. The maximum Gasteiger partial charge on any atom is 0.417 e. The van der Waals surface area contributed by atoms with E-state index in [1.54, 1.807) is 0 Å². The van der Waals surface area contributed by atoms with Crippen LogP contribution in [0, 0.1) is 0 Å². The summed E-state index contributed by atoms with van der Waals surface area (Å²) in [6.45, 7) is -0.709. The summed E-state index contributed by atoms with van der Waals surface area (Å²) >= 11 is 0. The van der Waals surface area contributed by atoms with E-state index >= 15 is 8.78 Å². The lowest BCUT2D eigenvalue weighted by molar-refractivity contribution is -0.138. The summed E-state index contributed by atoms with van der Waals surface area (Å²) in [5.41, 5.74) is -2.54. The zero-order valence-electron chi connectivity index (χ0n) is 19.4. The van der Waals surface area contributed by atoms with Crippen molar-refractivity contribution in [3.63, 3.8) is 0 Å². The first-order valence-electron chi connectivity index (χ1n) is 10.7. The summed E-state index contributed by atoms with van der Waals surface area (Å²) in [7, 11) is 3.66. The number of fused-ring (bicyclic) bond motifs is 1. The Labute approximate surface area is 199 Å². The lowest BCUT2D eigenvalue weighted by atomic mass is 9.99. The van der Waals surface area contributed by atoms with Crippen molar-refractivity contribution in [2.75, 3.05) is 30.4 Å². The van der Waals surface area contributed by atoms with Crippen LogP contribution in [0.15, 0.2) is 34.1 Å². The fourth-order valence-electron chi connectivity index (χ4n) is 4.20. The van der Waals surface area contributed by atoms with E-state index in [0.717, 1.165) is 14.1 Å². The van der Waals surface area contributed by atoms with Crippen LogP contribution in [0.5, 0.6) is 0 Å². The number of aromatic nitrogens is 4. The molecule has 1 saturated heterocycles. The number of alkyl halides is 5. The molecule has 10 nitrogen and oxygen atoms in total. The van der Waals surface area contributed by atoms with Crippen LogP contribution in [0.4, 0.5) is 38.1 Å². The summed E-state index contributed by atoms with van der Waals surface area (Å²) < 4.78 is 71.4. The normalized spacial score (nSPS) is 17.9. The first-order valence-corrected chi connectivity index (χ1v) is 10.7. The molecular weight excluding hydrogens is 493 g/mol. The third kappa shape index (κ3) is 4.52. The number of nitrogens with zero attached hydrogens (tertiary/aromatic N) is 5. The Kier molecular flexibility index (Phi) is 6.04. The topological polar surface area (TPSA) is 108 Å². The predicted molar refractivity (Wildman–Crippen MR) is 120 cm³/mol. The van der Waals surface area contributed by atoms with Crippen molar-refractivity contribution in [2.24, 2.45) is 14.1 Å². The third-order valence-electron chi connectivity index (χ3n) is 6.15. The van der Waals surface area contributed by atoms with Crippen LogP contribution >= 0.6 is 0 Å². The number of nitrogens with one attached hydrogen (secondary N) is 2. The summed E-state index contributed by atoms with van der Waals surface area (Å²) in [5, 5.41) is 5.00. The molecule has 1 atom stereocenters. The van der Waals surface area contributed by atoms with Gasteiger partial charge >= 0.3 is 12.2 Å². The molecule has 15 heteroatoms. The minimum Gasteiger partial charge on any atom is -0.364 e. The number of amides is 2. The van der Waals surface area contributed by atoms with Gasteiger partial charge in [0.25, 0.3) is 17.0 Å². The summed E-state index contributed by atoms with van der Waals surface area (Å²) in [4.78, 5) is 43.1. The molecule has 0 saturated carbocycles. The zero-order valence-corrected chi connectivity index (χ0v) is 19.4. The molecule has 2 amide bonds. The number of carbonyl (C=O) groups is 1. The van der Waals surface area contributed by atoms with Gasteiger partial charge in [0, 0.05) is 33.9 Å². The molecule has 0 radical (unpaired) electrons. The Hall–Kier alpha value is -3.91. The second-order valence-electron chi connectivity index (χ2n) is 8.65. The van der Waals surface area contributed by atoms with Gasteiger partial charge in [-0.3, -0.25) is 19.4 Å². The molecule has 4 rings (SSSR count). The number of H-pyrrole nitrogens is 1. The monoisotopic (exact) mass is 515 g/mol. The highest BCUT2D eigenvalue weighted by atomic mass is 19.4. The molecular formula is C21H22F5N7O3. The molecule has 0 aromatic carbocycles. The van der Waals surface area contributed by atoms with Crippen molar-refractivity contribution in [2.45, 2.75) is 24.6 Å². The highest BCUT2D eigenvalue weighted by Crippen LogP contribution is 2.34. The molecule has 3 aromatic heterocycles. The van der Waals surface area contributed by atoms with Crippen molar-refractivity contribution >= 4 is 28.4 Å². The van der Waals surface area contributed by atoms with E-state index in [9.17, 15) is 27.6 Å². The highest BCUT2D eigenvalue weighted by molar-refractivity contribution is 5.89. The molecule has 4 heterocycles. The van der Waals surface area contributed by atoms with Crippen LogP contribution in [0.3, 0.4) is 0 Å². The second-order valence-corrected chi connectivity index (χ2v) is 8.65. The molecule has 1 aliphatic rings. The quantitative estimate of drug-likeness (QED) is 0.521. The van der Waals surface area contributed by atoms with E-state index in [1.165, 1.54) is 28.9 Å². The Morgan fingerprint density at radius 1 is 1.22 bits per heavy atom. The van der Waals surface area contributed by atoms with Gasteiger partial charge in [0.2, 0.25) is 0 Å². The number of pyridine rings is 2. The van der Waals surface area contributed by atoms with E-state index in [4.69, 9.17) is 0 Å². The number of piperidine rings is 1. The predicted octanol–water partition coefficient (Wildman–Crippen LogP) is 2.36. The van der Waals surface area contributed by atoms with Gasteiger partial charge in [0.1, 0.15) is 11.7 Å². The van der Waals surface area contributed by atoms with Crippen LogP contribution in [0.2, 0.25) is 0 Å². The van der Waals surface area contributed by atoms with E-state index in [-0.39, 0.29) is 23.9 Å². The van der Waals surface area contributed by atoms with Crippen LogP contribution in [-0.4, -0.2) is 62.4 Å². The Balaban J connectivity index is 1.52. The molecule has 0 unspecified atom stereocenters. The molecule has 36 heavy (non-hydrogen) atoms. The number of halogens is 5. The molecule has 0 aliphatic carbocycles. The van der Waals surface area contributed by atoms with Crippen LogP contribution < -0.4 is 21.3 Å². The fourth-order valence-corrected chi connectivity index (χ4v) is 4.20. The van der Waals surface area contributed by atoms with E-state index < -0.39 is 47.5 Å². The van der Waals surface area contributed by atoms with Crippen LogP contribution in [0.25, 0.3) is 11.0 Å². The first kappa shape index (κ1) is 25.2. The molecule has 1 fully saturated rings. The van der Waals surface area contributed by atoms with Crippen LogP contribution in [0.1, 0.15) is 12.0 Å². The largest absolute Gasteiger partial charge is 0.417 e. The summed E-state index contributed by atoms with van der Waals surface area (Å²) in [6.07, 6.45) is -3.05. The lowest BCUT2D eigenvalue weighted by Crippen LogP contribution is -2.59. The minimum absolute atomic E-state index is 0.0845. The molecule has 0 spiro atoms. The maximum absolute atomic E-state index is 15.1. The van der Waals surface area contributed by atoms with Gasteiger partial charge in [-0.25, -0.2) is 18.6 Å². The van der Waals surface area contributed by atoms with Gasteiger partial charge in [-0.2, -0.15) is 13.2 Å². The number of carbonyl (C=O) groups excluding carboxylic acids is 1. The molecule has 194 valence electrons. The number of hydrogen-bond donors (Lipinski definition) is 2. The van der Waals surface area contributed by atoms with Gasteiger partial charge in [-0.1, -0.05) is 0 Å². The molecule has 1 aliphatic heterocycles. The van der Waals surface area contributed by atoms with Crippen molar-refractivity contribution in [3.05, 3.63) is 50.8 Å². The van der Waals surface area contributed by atoms with E-state index in [1.807, 2.05) is 5.32 Å². The smallest absolute Gasteiger partial charge is 0.364 e. The number of rotatable bonds is 3. The summed E-state index contributed by atoms with van der Waals surface area (Å²) in [5.74, 6) is -3.43. The van der Waals surface area contributed by atoms with Crippen LogP contribution in [-0.2, 0) is 20.3 Å². The SMILES string of the molecule is CN(C(=O)Nc1cc(C(F)(F)F)cn(C)c1=O)[C@H]1CCN(c2cnc3[nH]n(C)c(=O)c3c2)CC1(F)F. The highest BCUT2D eigenvalue weighted by Gasteiger charge is 2.48. The number of aryl methyl sites for hydroxylation is 2. The number of hydrogen-bond acceptors (Lipinski definition) is 5. The number of anilines is 2. The minimum atomic E-state index is -4.78. The number of urea groups is 1. The Bertz CT molecular complexity index is 1440. The van der Waals surface area contributed by atoms with E-state index in [0.29, 0.717) is 33.1 Å². The Morgan fingerprint density at radius 3 is 2.56 bits per heavy atom. The van der Waals surface area contributed by atoms with Gasteiger partial charge in [-0.15, -0.1) is 0 Å². The van der Waals surface area contributed by atoms with Crippen molar-refractivity contribution < 1.29 is 26.7 Å². The zero-order chi connectivity index (χ0) is 26.6. The van der Waals surface area contributed by atoms with Crippen molar-refractivity contribution in [1.82, 2.24) is 24.2 Å². The van der Waals surface area contributed by atoms with Gasteiger partial charge in [-0.05, 0) is 18.6 Å². The lowest BCUT2D eigenvalue weighted by Gasteiger charge is -2.42.